The molecule has 4 fully saturated rings. The van der Waals surface area contributed by atoms with E-state index in [2.05, 4.69) is 10.9 Å². The Balaban J connectivity index is 1.83. The van der Waals surface area contributed by atoms with E-state index in [9.17, 15) is 4.79 Å². The van der Waals surface area contributed by atoms with Crippen molar-refractivity contribution < 1.29 is 4.79 Å². The Hall–Kier alpha value is -0.570. The lowest BCUT2D eigenvalue weighted by atomic mass is 9.49. The summed E-state index contributed by atoms with van der Waals surface area (Å²) in [6, 6.07) is 0. The molecule has 0 spiro atoms. The number of carbonyl (C=O) groups is 1. The molecule has 1 amide bonds. The van der Waals surface area contributed by atoms with Crippen molar-refractivity contribution in [3.63, 3.8) is 0 Å². The van der Waals surface area contributed by atoms with Crippen molar-refractivity contribution in [2.24, 2.45) is 23.2 Å². The van der Waals surface area contributed by atoms with Crippen LogP contribution in [0.4, 0.5) is 0 Å². The standard InChI is InChI=1S/C12H20N2O/c1-13-14-11(15)12-5-8-2-9(6-12)4-10(3-8)7-12/h8-10,13H,2-7H2,1H3,(H,14,15). The van der Waals surface area contributed by atoms with Crippen LogP contribution in [0.15, 0.2) is 0 Å². The van der Waals surface area contributed by atoms with Crippen LogP contribution in [0.5, 0.6) is 0 Å². The second-order valence-corrected chi connectivity index (χ2v) is 5.90. The summed E-state index contributed by atoms with van der Waals surface area (Å²) in [7, 11) is 1.78. The molecule has 0 heterocycles. The second-order valence-electron chi connectivity index (χ2n) is 5.90. The lowest BCUT2D eigenvalue weighted by Crippen LogP contribution is -2.55. The summed E-state index contributed by atoms with van der Waals surface area (Å²) < 4.78 is 0. The van der Waals surface area contributed by atoms with E-state index in [-0.39, 0.29) is 11.3 Å². The van der Waals surface area contributed by atoms with E-state index >= 15 is 0 Å². The van der Waals surface area contributed by atoms with Gasteiger partial charge < -0.3 is 0 Å². The number of hydrogen-bond acceptors (Lipinski definition) is 2. The van der Waals surface area contributed by atoms with Crippen molar-refractivity contribution in [3.05, 3.63) is 0 Å². The summed E-state index contributed by atoms with van der Waals surface area (Å²) in [5.41, 5.74) is 5.60. The van der Waals surface area contributed by atoms with E-state index in [0.29, 0.717) is 0 Å². The summed E-state index contributed by atoms with van der Waals surface area (Å²) >= 11 is 0. The van der Waals surface area contributed by atoms with Crippen LogP contribution in [-0.2, 0) is 4.79 Å². The van der Waals surface area contributed by atoms with Crippen molar-refractivity contribution in [2.75, 3.05) is 7.05 Å². The van der Waals surface area contributed by atoms with E-state index in [0.717, 1.165) is 37.0 Å². The molecule has 4 rings (SSSR count). The van der Waals surface area contributed by atoms with Crippen molar-refractivity contribution in [2.45, 2.75) is 38.5 Å². The van der Waals surface area contributed by atoms with E-state index < -0.39 is 0 Å². The molecule has 0 radical (unpaired) electrons. The number of carbonyl (C=O) groups excluding carboxylic acids is 1. The third-order valence-corrected chi connectivity index (χ3v) is 4.76. The highest BCUT2D eigenvalue weighted by Gasteiger charge is 2.54. The number of hydrazine groups is 1. The van der Waals surface area contributed by atoms with Gasteiger partial charge in [0.15, 0.2) is 0 Å². The van der Waals surface area contributed by atoms with Gasteiger partial charge in [-0.05, 0) is 56.3 Å². The largest absolute Gasteiger partial charge is 0.291 e. The van der Waals surface area contributed by atoms with Crippen LogP contribution >= 0.6 is 0 Å². The molecule has 0 saturated heterocycles. The summed E-state index contributed by atoms with van der Waals surface area (Å²) in [4.78, 5) is 12.1. The second kappa shape index (κ2) is 3.21. The number of hydrogen-bond donors (Lipinski definition) is 2. The third kappa shape index (κ3) is 1.40. The number of amides is 1. The maximum Gasteiger partial charge on any atom is 0.240 e. The topological polar surface area (TPSA) is 41.1 Å². The van der Waals surface area contributed by atoms with Crippen LogP contribution in [0, 0.1) is 23.2 Å². The molecule has 4 aliphatic carbocycles. The fraction of sp³-hybridized carbons (Fsp3) is 0.917. The van der Waals surface area contributed by atoms with Crippen LogP contribution < -0.4 is 10.9 Å². The molecule has 4 bridgehead atoms. The van der Waals surface area contributed by atoms with Gasteiger partial charge in [0, 0.05) is 7.05 Å². The zero-order valence-electron chi connectivity index (χ0n) is 9.38. The average Bonchev–Trinajstić information content (AvgIpc) is 2.15. The smallest absolute Gasteiger partial charge is 0.240 e. The molecule has 0 aromatic heterocycles. The zero-order chi connectivity index (χ0) is 10.5. The molecule has 3 heteroatoms. The molecule has 0 aromatic rings. The summed E-state index contributed by atoms with van der Waals surface area (Å²) in [5, 5.41) is 0. The predicted octanol–water partition coefficient (Wildman–Crippen LogP) is 1.45. The number of rotatable bonds is 2. The fourth-order valence-corrected chi connectivity index (χ4v) is 4.63. The van der Waals surface area contributed by atoms with Gasteiger partial charge in [-0.25, -0.2) is 5.43 Å². The van der Waals surface area contributed by atoms with Crippen molar-refractivity contribution >= 4 is 5.91 Å². The minimum atomic E-state index is -0.00222. The average molecular weight is 208 g/mol. The van der Waals surface area contributed by atoms with Gasteiger partial charge in [-0.1, -0.05) is 0 Å². The molecule has 15 heavy (non-hydrogen) atoms. The monoisotopic (exact) mass is 208 g/mol. The first-order chi connectivity index (χ1) is 7.22. The minimum Gasteiger partial charge on any atom is -0.291 e. The number of nitrogens with one attached hydrogen (secondary N) is 2. The van der Waals surface area contributed by atoms with Crippen molar-refractivity contribution in [3.8, 4) is 0 Å². The van der Waals surface area contributed by atoms with Gasteiger partial charge in [0.2, 0.25) is 5.91 Å². The summed E-state index contributed by atoms with van der Waals surface area (Å²) in [6.07, 6.45) is 7.62. The van der Waals surface area contributed by atoms with E-state index in [4.69, 9.17) is 0 Å². The van der Waals surface area contributed by atoms with Crippen molar-refractivity contribution in [1.29, 1.82) is 0 Å². The lowest BCUT2D eigenvalue weighted by Gasteiger charge is -2.55. The Morgan fingerprint density at radius 1 is 1.07 bits per heavy atom. The van der Waals surface area contributed by atoms with Crippen LogP contribution in [0.2, 0.25) is 0 Å². The van der Waals surface area contributed by atoms with Gasteiger partial charge in [0.25, 0.3) is 0 Å². The highest BCUT2D eigenvalue weighted by Crippen LogP contribution is 2.59. The Morgan fingerprint density at radius 3 is 1.93 bits per heavy atom. The zero-order valence-corrected chi connectivity index (χ0v) is 9.38. The van der Waals surface area contributed by atoms with E-state index in [1.54, 1.807) is 7.05 Å². The molecule has 0 aliphatic heterocycles. The maximum atomic E-state index is 12.1. The molecular formula is C12H20N2O. The van der Waals surface area contributed by atoms with Gasteiger partial charge in [-0.15, -0.1) is 0 Å². The Labute approximate surface area is 91.0 Å². The SMILES string of the molecule is CNNC(=O)C12CC3CC(CC(C3)C1)C2. The molecule has 4 saturated carbocycles. The first kappa shape index (κ1) is 9.64. The van der Waals surface area contributed by atoms with Gasteiger partial charge in [-0.3, -0.25) is 10.2 Å². The molecule has 2 N–H and O–H groups in total. The van der Waals surface area contributed by atoms with Crippen molar-refractivity contribution in [1.82, 2.24) is 10.9 Å². The molecule has 0 aromatic carbocycles. The first-order valence-electron chi connectivity index (χ1n) is 6.19. The summed E-state index contributed by atoms with van der Waals surface area (Å²) in [6.45, 7) is 0. The van der Waals surface area contributed by atoms with Gasteiger partial charge in [0.1, 0.15) is 0 Å². The molecule has 4 aliphatic rings. The highest BCUT2D eigenvalue weighted by atomic mass is 16.2. The molecule has 3 nitrogen and oxygen atoms in total. The molecule has 0 atom stereocenters. The fourth-order valence-electron chi connectivity index (χ4n) is 4.63. The lowest BCUT2D eigenvalue weighted by molar-refractivity contribution is -0.147. The van der Waals surface area contributed by atoms with Crippen LogP contribution in [0.1, 0.15) is 38.5 Å². The minimum absolute atomic E-state index is 0.00222. The van der Waals surface area contributed by atoms with Gasteiger partial charge in [0.05, 0.1) is 5.41 Å². The third-order valence-electron chi connectivity index (χ3n) is 4.76. The Bertz CT molecular complexity index is 252. The molecule has 0 unspecified atom stereocenters. The quantitative estimate of drug-likeness (QED) is 0.674. The van der Waals surface area contributed by atoms with Gasteiger partial charge >= 0.3 is 0 Å². The van der Waals surface area contributed by atoms with Crippen LogP contribution in [0.3, 0.4) is 0 Å². The van der Waals surface area contributed by atoms with E-state index in [1.807, 2.05) is 0 Å². The first-order valence-corrected chi connectivity index (χ1v) is 6.19. The Kier molecular flexibility index (Phi) is 2.06. The van der Waals surface area contributed by atoms with E-state index in [1.165, 1.54) is 19.3 Å². The maximum absolute atomic E-state index is 12.1. The Morgan fingerprint density at radius 2 is 1.53 bits per heavy atom. The summed E-state index contributed by atoms with van der Waals surface area (Å²) in [5.74, 6) is 2.79. The van der Waals surface area contributed by atoms with Crippen LogP contribution in [0.25, 0.3) is 0 Å². The normalized spacial score (nSPS) is 46.9. The predicted molar refractivity (Wildman–Crippen MR) is 57.8 cm³/mol. The highest BCUT2D eigenvalue weighted by molar-refractivity contribution is 5.82. The molecular weight excluding hydrogens is 188 g/mol. The molecule has 84 valence electrons. The van der Waals surface area contributed by atoms with Crippen LogP contribution in [-0.4, -0.2) is 13.0 Å². The van der Waals surface area contributed by atoms with Gasteiger partial charge in [-0.2, -0.15) is 0 Å².